The molecular weight excluding hydrogens is 258 g/mol. The second kappa shape index (κ2) is 7.04. The van der Waals surface area contributed by atoms with Crippen LogP contribution in [0.5, 0.6) is 0 Å². The topological polar surface area (TPSA) is 113 Å². The third-order valence-corrected chi connectivity index (χ3v) is 2.93. The first-order valence-corrected chi connectivity index (χ1v) is 6.69. The van der Waals surface area contributed by atoms with Crippen LogP contribution in [0.1, 0.15) is 39.3 Å². The fourth-order valence-electron chi connectivity index (χ4n) is 1.47. The molecule has 1 aromatic heterocycles. The van der Waals surface area contributed by atoms with Crippen molar-refractivity contribution >= 4 is 17.6 Å². The molecule has 1 heterocycles. The summed E-state index contributed by atoms with van der Waals surface area (Å²) in [4.78, 5) is 23.3. The molecule has 7 nitrogen and oxygen atoms in total. The van der Waals surface area contributed by atoms with Crippen molar-refractivity contribution in [3.05, 3.63) is 11.8 Å². The summed E-state index contributed by atoms with van der Waals surface area (Å²) in [6, 6.07) is 1.16. The molecule has 0 bridgehead atoms. The number of nitrogens with one attached hydrogen (secondary N) is 3. The standard InChI is InChI=1S/C13H23N5O2/c1-7(2)9-5-10(18-17-9)16-11(19)6-15-13(20)12(14)8(3)4/h5,7-8,12H,6,14H2,1-4H3,(H,15,20)(H2,16,17,18,19)/t12-/m0/s1. The summed E-state index contributed by atoms with van der Waals surface area (Å²) >= 11 is 0. The minimum atomic E-state index is -0.610. The number of H-pyrrole nitrogens is 1. The number of nitrogens with two attached hydrogens (primary N) is 1. The first-order chi connectivity index (χ1) is 9.31. The Labute approximate surface area is 118 Å². The Bertz CT molecular complexity index is 467. The monoisotopic (exact) mass is 281 g/mol. The van der Waals surface area contributed by atoms with Crippen LogP contribution in [-0.2, 0) is 9.59 Å². The summed E-state index contributed by atoms with van der Waals surface area (Å²) in [5, 5.41) is 11.9. The van der Waals surface area contributed by atoms with Gasteiger partial charge in [-0.2, -0.15) is 5.10 Å². The van der Waals surface area contributed by atoms with Gasteiger partial charge in [0.15, 0.2) is 5.82 Å². The molecule has 0 fully saturated rings. The number of hydrogen-bond donors (Lipinski definition) is 4. The zero-order chi connectivity index (χ0) is 15.3. The summed E-state index contributed by atoms with van der Waals surface area (Å²) < 4.78 is 0. The second-order valence-electron chi connectivity index (χ2n) is 5.40. The lowest BCUT2D eigenvalue weighted by Gasteiger charge is -2.14. The molecule has 0 radical (unpaired) electrons. The van der Waals surface area contributed by atoms with E-state index in [1.165, 1.54) is 0 Å². The Kier molecular flexibility index (Phi) is 5.69. The Morgan fingerprint density at radius 2 is 2.00 bits per heavy atom. The van der Waals surface area contributed by atoms with Crippen LogP contribution >= 0.6 is 0 Å². The highest BCUT2D eigenvalue weighted by atomic mass is 16.2. The Morgan fingerprint density at radius 3 is 2.50 bits per heavy atom. The highest BCUT2D eigenvalue weighted by molar-refractivity contribution is 5.94. The van der Waals surface area contributed by atoms with Gasteiger partial charge in [0.05, 0.1) is 12.6 Å². The Balaban J connectivity index is 2.42. The van der Waals surface area contributed by atoms with Gasteiger partial charge < -0.3 is 16.4 Å². The van der Waals surface area contributed by atoms with E-state index in [2.05, 4.69) is 20.8 Å². The normalized spacial score (nSPS) is 12.6. The first kappa shape index (κ1) is 16.2. The maximum atomic E-state index is 11.7. The molecule has 0 saturated heterocycles. The lowest BCUT2D eigenvalue weighted by Crippen LogP contribution is -2.46. The zero-order valence-electron chi connectivity index (χ0n) is 12.4. The van der Waals surface area contributed by atoms with Gasteiger partial charge in [-0.3, -0.25) is 14.7 Å². The fraction of sp³-hybridized carbons (Fsp3) is 0.615. The van der Waals surface area contributed by atoms with E-state index in [1.807, 2.05) is 27.7 Å². The van der Waals surface area contributed by atoms with E-state index >= 15 is 0 Å². The summed E-state index contributed by atoms with van der Waals surface area (Å²) in [7, 11) is 0. The number of aromatic amines is 1. The van der Waals surface area contributed by atoms with Crippen LogP contribution in [0.25, 0.3) is 0 Å². The van der Waals surface area contributed by atoms with Crippen LogP contribution < -0.4 is 16.4 Å². The lowest BCUT2D eigenvalue weighted by atomic mass is 10.1. The highest BCUT2D eigenvalue weighted by Gasteiger charge is 2.17. The van der Waals surface area contributed by atoms with Gasteiger partial charge in [0.1, 0.15) is 0 Å². The predicted molar refractivity (Wildman–Crippen MR) is 77.1 cm³/mol. The molecule has 0 aliphatic carbocycles. The zero-order valence-corrected chi connectivity index (χ0v) is 12.4. The molecule has 0 unspecified atom stereocenters. The molecule has 1 rings (SSSR count). The first-order valence-electron chi connectivity index (χ1n) is 6.69. The van der Waals surface area contributed by atoms with Crippen molar-refractivity contribution in [3.8, 4) is 0 Å². The van der Waals surface area contributed by atoms with Crippen molar-refractivity contribution in [3.63, 3.8) is 0 Å². The van der Waals surface area contributed by atoms with Crippen molar-refractivity contribution < 1.29 is 9.59 Å². The van der Waals surface area contributed by atoms with Crippen LogP contribution in [0.4, 0.5) is 5.82 Å². The maximum absolute atomic E-state index is 11.7. The number of hydrogen-bond acceptors (Lipinski definition) is 4. The molecule has 0 aliphatic rings. The molecule has 2 amide bonds. The minimum Gasteiger partial charge on any atom is -0.346 e. The van der Waals surface area contributed by atoms with Crippen molar-refractivity contribution in [1.82, 2.24) is 15.5 Å². The van der Waals surface area contributed by atoms with Crippen LogP contribution in [0.3, 0.4) is 0 Å². The Morgan fingerprint density at radius 1 is 1.35 bits per heavy atom. The average Bonchev–Trinajstić information content (AvgIpc) is 2.83. The van der Waals surface area contributed by atoms with Gasteiger partial charge in [-0.1, -0.05) is 27.7 Å². The molecule has 0 aromatic carbocycles. The average molecular weight is 281 g/mol. The molecule has 20 heavy (non-hydrogen) atoms. The molecule has 0 saturated carbocycles. The summed E-state index contributed by atoms with van der Waals surface area (Å²) in [6.45, 7) is 7.62. The summed E-state index contributed by atoms with van der Waals surface area (Å²) in [5.41, 5.74) is 6.61. The number of aromatic nitrogens is 2. The van der Waals surface area contributed by atoms with Crippen LogP contribution in [0.15, 0.2) is 6.07 Å². The van der Waals surface area contributed by atoms with Crippen molar-refractivity contribution in [2.24, 2.45) is 11.7 Å². The van der Waals surface area contributed by atoms with E-state index in [-0.39, 0.29) is 24.3 Å². The summed E-state index contributed by atoms with van der Waals surface area (Å²) in [6.07, 6.45) is 0. The van der Waals surface area contributed by atoms with Gasteiger partial charge in [-0.05, 0) is 11.8 Å². The molecular formula is C13H23N5O2. The van der Waals surface area contributed by atoms with Crippen LogP contribution in [0, 0.1) is 5.92 Å². The number of amides is 2. The molecule has 5 N–H and O–H groups in total. The van der Waals surface area contributed by atoms with E-state index in [4.69, 9.17) is 5.73 Å². The van der Waals surface area contributed by atoms with Gasteiger partial charge in [0.25, 0.3) is 0 Å². The third kappa shape index (κ3) is 4.65. The third-order valence-electron chi connectivity index (χ3n) is 2.93. The van der Waals surface area contributed by atoms with Crippen LogP contribution in [0.2, 0.25) is 0 Å². The van der Waals surface area contributed by atoms with Gasteiger partial charge in [-0.15, -0.1) is 0 Å². The largest absolute Gasteiger partial charge is 0.346 e. The molecule has 0 spiro atoms. The molecule has 112 valence electrons. The van der Waals surface area contributed by atoms with Crippen molar-refractivity contribution in [2.45, 2.75) is 39.7 Å². The fourth-order valence-corrected chi connectivity index (χ4v) is 1.47. The van der Waals surface area contributed by atoms with E-state index < -0.39 is 6.04 Å². The SMILES string of the molecule is CC(C)c1cc(NC(=O)CNC(=O)[C@@H](N)C(C)C)n[nH]1. The van der Waals surface area contributed by atoms with Crippen molar-refractivity contribution in [1.29, 1.82) is 0 Å². The van der Waals surface area contributed by atoms with Crippen LogP contribution in [-0.4, -0.2) is 34.6 Å². The smallest absolute Gasteiger partial charge is 0.244 e. The summed E-state index contributed by atoms with van der Waals surface area (Å²) in [5.74, 6) is 0.104. The van der Waals surface area contributed by atoms with Gasteiger partial charge in [-0.25, -0.2) is 0 Å². The molecule has 0 aliphatic heterocycles. The van der Waals surface area contributed by atoms with E-state index in [0.717, 1.165) is 5.69 Å². The molecule has 1 aromatic rings. The lowest BCUT2D eigenvalue weighted by molar-refractivity contribution is -0.125. The molecule has 7 heteroatoms. The van der Waals surface area contributed by atoms with E-state index in [9.17, 15) is 9.59 Å². The van der Waals surface area contributed by atoms with E-state index in [0.29, 0.717) is 11.7 Å². The number of carbonyl (C=O) groups excluding carboxylic acids is 2. The minimum absolute atomic E-state index is 0.0259. The molecule has 1 atom stereocenters. The van der Waals surface area contributed by atoms with E-state index in [1.54, 1.807) is 6.07 Å². The number of anilines is 1. The highest BCUT2D eigenvalue weighted by Crippen LogP contribution is 2.14. The number of carbonyl (C=O) groups is 2. The quantitative estimate of drug-likeness (QED) is 0.610. The number of rotatable bonds is 6. The number of nitrogens with zero attached hydrogens (tertiary/aromatic N) is 1. The maximum Gasteiger partial charge on any atom is 0.244 e. The van der Waals surface area contributed by atoms with Crippen molar-refractivity contribution in [2.75, 3.05) is 11.9 Å². The second-order valence-corrected chi connectivity index (χ2v) is 5.40. The van der Waals surface area contributed by atoms with Gasteiger partial charge >= 0.3 is 0 Å². The predicted octanol–water partition coefficient (Wildman–Crippen LogP) is 0.571. The van der Waals surface area contributed by atoms with Gasteiger partial charge in [0.2, 0.25) is 11.8 Å². The van der Waals surface area contributed by atoms with Gasteiger partial charge in [0, 0.05) is 11.8 Å². The Hall–Kier alpha value is -1.89.